The number of aromatic nitrogens is 2. The summed E-state index contributed by atoms with van der Waals surface area (Å²) in [5.74, 6) is -0.124. The Hall–Kier alpha value is -2.93. The lowest BCUT2D eigenvalue weighted by molar-refractivity contribution is 0.160. The highest BCUT2D eigenvalue weighted by atomic mass is 35.5. The molecule has 4 aromatic rings. The van der Waals surface area contributed by atoms with Crippen molar-refractivity contribution in [1.82, 2.24) is 9.30 Å². The SMILES string of the molecule is CCCc1c(O)cc2c(c1-c1ccccc1Cl)c(=O)n(O)c(=O)n2-c1c(Cl)cccc1Cl. The number of fused-ring (bicyclic) bond motifs is 1. The fourth-order valence-corrected chi connectivity index (χ4v) is 4.66. The van der Waals surface area contributed by atoms with Crippen molar-refractivity contribution in [3.8, 4) is 22.6 Å². The van der Waals surface area contributed by atoms with Gasteiger partial charge in [-0.2, -0.15) is 0 Å². The summed E-state index contributed by atoms with van der Waals surface area (Å²) in [5, 5.41) is 22.0. The number of halogens is 3. The monoisotopic (exact) mass is 490 g/mol. The van der Waals surface area contributed by atoms with Crippen molar-refractivity contribution < 1.29 is 10.3 Å². The minimum Gasteiger partial charge on any atom is -0.508 e. The van der Waals surface area contributed by atoms with Gasteiger partial charge in [0.25, 0.3) is 5.56 Å². The first-order valence-electron chi connectivity index (χ1n) is 9.73. The van der Waals surface area contributed by atoms with Gasteiger partial charge in [0.1, 0.15) is 5.75 Å². The highest BCUT2D eigenvalue weighted by molar-refractivity contribution is 6.38. The highest BCUT2D eigenvalue weighted by Gasteiger charge is 2.25. The van der Waals surface area contributed by atoms with Crippen molar-refractivity contribution >= 4 is 45.7 Å². The van der Waals surface area contributed by atoms with Crippen LogP contribution in [0.4, 0.5) is 0 Å². The number of rotatable bonds is 4. The molecule has 1 heterocycles. The van der Waals surface area contributed by atoms with Gasteiger partial charge in [-0.1, -0.05) is 77.1 Å². The second kappa shape index (κ2) is 8.54. The Bertz CT molecular complexity index is 1470. The molecule has 1 aromatic heterocycles. The summed E-state index contributed by atoms with van der Waals surface area (Å²) in [6.07, 6.45) is 1.10. The molecule has 3 aromatic carbocycles. The summed E-state index contributed by atoms with van der Waals surface area (Å²) < 4.78 is 1.02. The maximum absolute atomic E-state index is 13.2. The van der Waals surface area contributed by atoms with Crippen LogP contribution >= 0.6 is 34.8 Å². The van der Waals surface area contributed by atoms with Crippen molar-refractivity contribution in [1.29, 1.82) is 0 Å². The highest BCUT2D eigenvalue weighted by Crippen LogP contribution is 2.41. The molecule has 0 atom stereocenters. The van der Waals surface area contributed by atoms with E-state index in [0.717, 1.165) is 4.57 Å². The van der Waals surface area contributed by atoms with Crippen LogP contribution in [-0.2, 0) is 6.42 Å². The minimum atomic E-state index is -1.08. The maximum Gasteiger partial charge on any atom is 0.369 e. The summed E-state index contributed by atoms with van der Waals surface area (Å²) in [5.41, 5.74) is -0.639. The first-order chi connectivity index (χ1) is 15.3. The van der Waals surface area contributed by atoms with Gasteiger partial charge in [0.15, 0.2) is 0 Å². The summed E-state index contributed by atoms with van der Waals surface area (Å²) in [7, 11) is 0. The fraction of sp³-hybridized carbons (Fsp3) is 0.130. The molecule has 9 heteroatoms. The van der Waals surface area contributed by atoms with Crippen LogP contribution in [0.3, 0.4) is 0 Å². The molecule has 0 radical (unpaired) electrons. The van der Waals surface area contributed by atoms with Gasteiger partial charge >= 0.3 is 5.69 Å². The Morgan fingerprint density at radius 1 is 0.938 bits per heavy atom. The van der Waals surface area contributed by atoms with Gasteiger partial charge < -0.3 is 10.3 Å². The number of phenols is 1. The van der Waals surface area contributed by atoms with Crippen molar-refractivity contribution in [3.63, 3.8) is 0 Å². The third kappa shape index (κ3) is 3.45. The normalized spacial score (nSPS) is 11.2. The second-order valence-corrected chi connectivity index (χ2v) is 8.40. The predicted molar refractivity (Wildman–Crippen MR) is 127 cm³/mol. The molecule has 32 heavy (non-hydrogen) atoms. The van der Waals surface area contributed by atoms with Gasteiger partial charge in [0.2, 0.25) is 0 Å². The number of benzene rings is 3. The molecule has 0 saturated heterocycles. The zero-order valence-corrected chi connectivity index (χ0v) is 19.0. The zero-order chi connectivity index (χ0) is 23.2. The van der Waals surface area contributed by atoms with E-state index in [4.69, 9.17) is 34.8 Å². The van der Waals surface area contributed by atoms with E-state index in [0.29, 0.717) is 34.6 Å². The zero-order valence-electron chi connectivity index (χ0n) is 16.8. The van der Waals surface area contributed by atoms with Gasteiger partial charge in [-0.15, -0.1) is 0 Å². The smallest absolute Gasteiger partial charge is 0.369 e. The number of hydrogen-bond acceptors (Lipinski definition) is 4. The van der Waals surface area contributed by atoms with Crippen LogP contribution < -0.4 is 11.2 Å². The van der Waals surface area contributed by atoms with E-state index in [1.54, 1.807) is 30.3 Å². The summed E-state index contributed by atoms with van der Waals surface area (Å²) in [6, 6.07) is 12.8. The Morgan fingerprint density at radius 3 is 2.19 bits per heavy atom. The first-order valence-corrected chi connectivity index (χ1v) is 10.9. The van der Waals surface area contributed by atoms with Crippen LogP contribution in [0, 0.1) is 0 Å². The lowest BCUT2D eigenvalue weighted by Crippen LogP contribution is -2.38. The molecular weight excluding hydrogens is 475 g/mol. The number of hydrogen-bond donors (Lipinski definition) is 2. The Labute approximate surface area is 197 Å². The minimum absolute atomic E-state index is 0.00237. The van der Waals surface area contributed by atoms with Crippen molar-refractivity contribution in [2.45, 2.75) is 19.8 Å². The van der Waals surface area contributed by atoms with Crippen LogP contribution in [0.1, 0.15) is 18.9 Å². The second-order valence-electron chi connectivity index (χ2n) is 7.18. The van der Waals surface area contributed by atoms with E-state index in [1.165, 1.54) is 18.2 Å². The third-order valence-corrected chi connectivity index (χ3v) is 6.15. The van der Waals surface area contributed by atoms with Crippen LogP contribution in [0.25, 0.3) is 27.7 Å². The first kappa shape index (κ1) is 22.3. The van der Waals surface area contributed by atoms with Crippen LogP contribution in [-0.4, -0.2) is 19.6 Å². The standard InChI is InChI=1S/C23H17Cl3N2O4/c1-2-6-13-18(29)11-17-20(19(13)12-7-3-4-8-14(12)24)22(30)28(32)23(31)27(17)21-15(25)9-5-10-16(21)26/h3-5,7-11,29,32H,2,6H2,1H3. The number of phenolic OH excluding ortho intramolecular Hbond substituents is 1. The number of para-hydroxylation sites is 1. The Balaban J connectivity index is 2.33. The molecule has 0 aliphatic rings. The fourth-order valence-electron chi connectivity index (χ4n) is 3.86. The molecular formula is C23H17Cl3N2O4. The Kier molecular flexibility index (Phi) is 5.95. The molecule has 0 unspecified atom stereocenters. The average Bonchev–Trinajstić information content (AvgIpc) is 2.76. The lowest BCUT2D eigenvalue weighted by Gasteiger charge is -2.19. The molecule has 0 amide bonds. The molecule has 0 aliphatic heterocycles. The third-order valence-electron chi connectivity index (χ3n) is 5.21. The lowest BCUT2D eigenvalue weighted by atomic mass is 9.92. The van der Waals surface area contributed by atoms with E-state index in [9.17, 15) is 19.9 Å². The molecule has 164 valence electrons. The van der Waals surface area contributed by atoms with Gasteiger partial charge in [-0.05, 0) is 24.6 Å². The van der Waals surface area contributed by atoms with E-state index in [-0.39, 0.29) is 37.1 Å². The van der Waals surface area contributed by atoms with Crippen molar-refractivity contribution in [2.75, 3.05) is 0 Å². The Morgan fingerprint density at radius 2 is 1.56 bits per heavy atom. The molecule has 2 N–H and O–H groups in total. The molecule has 0 aliphatic carbocycles. The topological polar surface area (TPSA) is 84.5 Å². The average molecular weight is 492 g/mol. The van der Waals surface area contributed by atoms with E-state index >= 15 is 0 Å². The summed E-state index contributed by atoms with van der Waals surface area (Å²) >= 11 is 19.1. The van der Waals surface area contributed by atoms with Gasteiger partial charge in [-0.3, -0.25) is 9.36 Å². The summed E-state index contributed by atoms with van der Waals surface area (Å²) in [6.45, 7) is 1.93. The van der Waals surface area contributed by atoms with Crippen LogP contribution in [0.2, 0.25) is 15.1 Å². The van der Waals surface area contributed by atoms with Crippen molar-refractivity contribution in [3.05, 3.63) is 90.0 Å². The van der Waals surface area contributed by atoms with Gasteiger partial charge in [0.05, 0.1) is 26.6 Å². The van der Waals surface area contributed by atoms with Gasteiger partial charge in [-0.25, -0.2) is 4.79 Å². The summed E-state index contributed by atoms with van der Waals surface area (Å²) in [4.78, 5) is 26.2. The van der Waals surface area contributed by atoms with E-state index < -0.39 is 11.2 Å². The van der Waals surface area contributed by atoms with Gasteiger partial charge in [0, 0.05) is 27.8 Å². The van der Waals surface area contributed by atoms with E-state index in [2.05, 4.69) is 0 Å². The molecule has 0 spiro atoms. The van der Waals surface area contributed by atoms with Crippen molar-refractivity contribution in [2.24, 2.45) is 0 Å². The predicted octanol–water partition coefficient (Wildman–Crippen LogP) is 5.68. The van der Waals surface area contributed by atoms with Crippen LogP contribution in [0.5, 0.6) is 5.75 Å². The number of aromatic hydroxyl groups is 1. The quantitative estimate of drug-likeness (QED) is 0.360. The molecule has 6 nitrogen and oxygen atoms in total. The molecule has 0 saturated carbocycles. The van der Waals surface area contributed by atoms with E-state index in [1.807, 2.05) is 6.92 Å². The largest absolute Gasteiger partial charge is 0.508 e. The van der Waals surface area contributed by atoms with Crippen LogP contribution in [0.15, 0.2) is 58.1 Å². The molecule has 4 rings (SSSR count). The molecule has 0 fully saturated rings. The number of nitrogens with zero attached hydrogens (tertiary/aromatic N) is 2. The molecule has 0 bridgehead atoms. The maximum atomic E-state index is 13.2.